The Hall–Kier alpha value is -1.49. The summed E-state index contributed by atoms with van der Waals surface area (Å²) in [6.07, 6.45) is 1.59. The lowest BCUT2D eigenvalue weighted by molar-refractivity contribution is -0.121. The number of benzene rings is 1. The maximum Gasteiger partial charge on any atom is 0.220 e. The van der Waals surface area contributed by atoms with Crippen molar-refractivity contribution in [3.8, 4) is 0 Å². The van der Waals surface area contributed by atoms with Crippen molar-refractivity contribution in [1.82, 2.24) is 10.6 Å². The van der Waals surface area contributed by atoms with Crippen LogP contribution < -0.4 is 10.6 Å². The fourth-order valence-corrected chi connectivity index (χ4v) is 1.58. The minimum Gasteiger partial charge on any atom is -0.356 e. The van der Waals surface area contributed by atoms with Crippen molar-refractivity contribution in [3.63, 3.8) is 0 Å². The van der Waals surface area contributed by atoms with Crippen molar-refractivity contribution in [2.45, 2.75) is 19.3 Å². The number of nitrogens with one attached hydrogen (secondary N) is 2. The van der Waals surface area contributed by atoms with Crippen molar-refractivity contribution >= 4 is 5.91 Å². The predicted octanol–water partition coefficient (Wildman–Crippen LogP) is 1.62. The minimum atomic E-state index is -0.590. The third-order valence-corrected chi connectivity index (χ3v) is 2.56. The van der Waals surface area contributed by atoms with E-state index < -0.39 is 11.6 Å². The van der Waals surface area contributed by atoms with Crippen LogP contribution in [0.4, 0.5) is 8.78 Å². The van der Waals surface area contributed by atoms with Gasteiger partial charge in [0.15, 0.2) is 0 Å². The molecule has 0 aliphatic carbocycles. The summed E-state index contributed by atoms with van der Waals surface area (Å²) in [4.78, 5) is 11.4. The first kappa shape index (κ1) is 14.6. The molecule has 0 saturated heterocycles. The fraction of sp³-hybridized carbons (Fsp3) is 0.462. The lowest BCUT2D eigenvalue weighted by atomic mass is 10.1. The third-order valence-electron chi connectivity index (χ3n) is 2.56. The summed E-state index contributed by atoms with van der Waals surface area (Å²) in [5.74, 6) is -1.21. The van der Waals surface area contributed by atoms with E-state index in [9.17, 15) is 13.6 Å². The molecule has 1 aromatic carbocycles. The number of hydrogen-bond acceptors (Lipinski definition) is 2. The Balaban J connectivity index is 2.26. The lowest BCUT2D eigenvalue weighted by Gasteiger charge is -2.06. The Kier molecular flexibility index (Phi) is 6.28. The Morgan fingerprint density at radius 2 is 2.06 bits per heavy atom. The van der Waals surface area contributed by atoms with Crippen LogP contribution in [0.2, 0.25) is 0 Å². The van der Waals surface area contributed by atoms with E-state index in [2.05, 4.69) is 10.6 Å². The SMILES string of the molecule is CNCCCC(=O)NCCc1ccc(F)cc1F. The molecule has 5 heteroatoms. The van der Waals surface area contributed by atoms with Crippen LogP contribution in [0.3, 0.4) is 0 Å². The summed E-state index contributed by atoms with van der Waals surface area (Å²) in [6, 6.07) is 3.47. The van der Waals surface area contributed by atoms with E-state index in [4.69, 9.17) is 0 Å². The molecule has 0 unspecified atom stereocenters. The molecule has 0 spiro atoms. The van der Waals surface area contributed by atoms with Gasteiger partial charge in [0, 0.05) is 19.0 Å². The molecule has 0 radical (unpaired) electrons. The highest BCUT2D eigenvalue weighted by Gasteiger charge is 2.05. The number of carbonyl (C=O) groups excluding carboxylic acids is 1. The zero-order valence-electron chi connectivity index (χ0n) is 10.4. The first-order valence-corrected chi connectivity index (χ1v) is 5.98. The van der Waals surface area contributed by atoms with E-state index in [0.29, 0.717) is 24.9 Å². The molecule has 0 aliphatic rings. The van der Waals surface area contributed by atoms with Gasteiger partial charge in [0.05, 0.1) is 0 Å². The molecule has 1 amide bonds. The first-order valence-electron chi connectivity index (χ1n) is 5.98. The smallest absolute Gasteiger partial charge is 0.220 e. The number of hydrogen-bond donors (Lipinski definition) is 2. The van der Waals surface area contributed by atoms with Crippen molar-refractivity contribution in [2.24, 2.45) is 0 Å². The summed E-state index contributed by atoms with van der Waals surface area (Å²) < 4.78 is 25.9. The number of halogens is 2. The topological polar surface area (TPSA) is 41.1 Å². The van der Waals surface area contributed by atoms with Gasteiger partial charge in [-0.25, -0.2) is 8.78 Å². The molecule has 0 heterocycles. The second-order valence-corrected chi connectivity index (χ2v) is 4.04. The van der Waals surface area contributed by atoms with Gasteiger partial charge in [0.2, 0.25) is 5.91 Å². The molecule has 0 aromatic heterocycles. The molecule has 0 bridgehead atoms. The van der Waals surface area contributed by atoms with E-state index in [-0.39, 0.29) is 5.91 Å². The lowest BCUT2D eigenvalue weighted by Crippen LogP contribution is -2.26. The van der Waals surface area contributed by atoms with Gasteiger partial charge in [-0.2, -0.15) is 0 Å². The molecule has 18 heavy (non-hydrogen) atoms. The van der Waals surface area contributed by atoms with Crippen LogP contribution in [0.5, 0.6) is 0 Å². The average molecular weight is 256 g/mol. The van der Waals surface area contributed by atoms with Crippen LogP contribution >= 0.6 is 0 Å². The molecule has 0 fully saturated rings. The molecule has 100 valence electrons. The molecule has 1 rings (SSSR count). The van der Waals surface area contributed by atoms with Crippen LogP contribution in [0.15, 0.2) is 18.2 Å². The van der Waals surface area contributed by atoms with E-state index in [1.807, 2.05) is 7.05 Å². The molecule has 0 aliphatic heterocycles. The zero-order chi connectivity index (χ0) is 13.4. The van der Waals surface area contributed by atoms with E-state index in [0.717, 1.165) is 19.0 Å². The van der Waals surface area contributed by atoms with Gasteiger partial charge in [-0.1, -0.05) is 6.07 Å². The minimum absolute atomic E-state index is 0.0484. The molecule has 2 N–H and O–H groups in total. The second-order valence-electron chi connectivity index (χ2n) is 4.04. The highest BCUT2D eigenvalue weighted by molar-refractivity contribution is 5.75. The molecular weight excluding hydrogens is 238 g/mol. The van der Waals surface area contributed by atoms with Crippen LogP contribution in [-0.4, -0.2) is 26.0 Å². The third kappa shape index (κ3) is 5.23. The van der Waals surface area contributed by atoms with Crippen molar-refractivity contribution in [3.05, 3.63) is 35.4 Å². The molecule has 0 atom stereocenters. The molecule has 1 aromatic rings. The van der Waals surface area contributed by atoms with Crippen LogP contribution in [-0.2, 0) is 11.2 Å². The maximum absolute atomic E-state index is 13.3. The van der Waals surface area contributed by atoms with Gasteiger partial charge in [-0.3, -0.25) is 4.79 Å². The Bertz CT molecular complexity index is 397. The summed E-state index contributed by atoms with van der Waals surface area (Å²) in [5.41, 5.74) is 0.409. The van der Waals surface area contributed by atoms with E-state index in [1.54, 1.807) is 0 Å². The van der Waals surface area contributed by atoms with Gasteiger partial charge in [0.1, 0.15) is 11.6 Å². The van der Waals surface area contributed by atoms with Crippen LogP contribution in [0.25, 0.3) is 0 Å². The highest BCUT2D eigenvalue weighted by Crippen LogP contribution is 2.09. The van der Waals surface area contributed by atoms with Crippen LogP contribution in [0.1, 0.15) is 18.4 Å². The number of rotatable bonds is 7. The maximum atomic E-state index is 13.3. The fourth-order valence-electron chi connectivity index (χ4n) is 1.58. The van der Waals surface area contributed by atoms with Gasteiger partial charge >= 0.3 is 0 Å². The second kappa shape index (κ2) is 7.76. The van der Waals surface area contributed by atoms with E-state index >= 15 is 0 Å². The monoisotopic (exact) mass is 256 g/mol. The summed E-state index contributed by atoms with van der Waals surface area (Å²) in [5, 5.41) is 5.66. The van der Waals surface area contributed by atoms with Gasteiger partial charge in [0.25, 0.3) is 0 Å². The number of carbonyl (C=O) groups is 1. The van der Waals surface area contributed by atoms with Crippen LogP contribution in [0, 0.1) is 11.6 Å². The summed E-state index contributed by atoms with van der Waals surface area (Å²) in [7, 11) is 1.83. The summed E-state index contributed by atoms with van der Waals surface area (Å²) in [6.45, 7) is 1.15. The number of amides is 1. The molecular formula is C13H18F2N2O. The predicted molar refractivity (Wildman–Crippen MR) is 66.2 cm³/mol. The van der Waals surface area contributed by atoms with Gasteiger partial charge in [-0.15, -0.1) is 0 Å². The van der Waals surface area contributed by atoms with Crippen molar-refractivity contribution < 1.29 is 13.6 Å². The zero-order valence-corrected chi connectivity index (χ0v) is 10.4. The van der Waals surface area contributed by atoms with Gasteiger partial charge in [-0.05, 0) is 38.1 Å². The first-order chi connectivity index (χ1) is 8.63. The highest BCUT2D eigenvalue weighted by atomic mass is 19.1. The quantitative estimate of drug-likeness (QED) is 0.728. The molecule has 3 nitrogen and oxygen atoms in total. The standard InChI is InChI=1S/C13H18F2N2O/c1-16-7-2-3-13(18)17-8-6-10-4-5-11(14)9-12(10)15/h4-5,9,16H,2-3,6-8H2,1H3,(H,17,18). The van der Waals surface area contributed by atoms with Crippen molar-refractivity contribution in [2.75, 3.05) is 20.1 Å². The normalized spacial score (nSPS) is 10.4. The Labute approximate surface area is 106 Å². The van der Waals surface area contributed by atoms with E-state index in [1.165, 1.54) is 12.1 Å². The largest absolute Gasteiger partial charge is 0.356 e. The Morgan fingerprint density at radius 3 is 2.72 bits per heavy atom. The average Bonchev–Trinajstić information content (AvgIpc) is 2.32. The summed E-state index contributed by atoms with van der Waals surface area (Å²) >= 11 is 0. The molecule has 0 saturated carbocycles. The van der Waals surface area contributed by atoms with Gasteiger partial charge < -0.3 is 10.6 Å². The Morgan fingerprint density at radius 1 is 1.28 bits per heavy atom. The van der Waals surface area contributed by atoms with Crippen molar-refractivity contribution in [1.29, 1.82) is 0 Å².